The van der Waals surface area contributed by atoms with Crippen molar-refractivity contribution in [3.63, 3.8) is 0 Å². The summed E-state index contributed by atoms with van der Waals surface area (Å²) in [6.45, 7) is 8.14. The van der Waals surface area contributed by atoms with Gasteiger partial charge in [-0.2, -0.15) is 0 Å². The maximum atomic E-state index is 12.3. The van der Waals surface area contributed by atoms with Gasteiger partial charge in [-0.1, -0.05) is 19.9 Å². The molecule has 0 amide bonds. The summed E-state index contributed by atoms with van der Waals surface area (Å²) in [7, 11) is -3.70. The first-order valence-electron chi connectivity index (χ1n) is 6.88. The van der Waals surface area contributed by atoms with Crippen molar-refractivity contribution < 1.29 is 18.3 Å². The van der Waals surface area contributed by atoms with Gasteiger partial charge in [-0.15, -0.1) is 0 Å². The fourth-order valence-electron chi connectivity index (χ4n) is 2.09. The van der Waals surface area contributed by atoms with E-state index >= 15 is 0 Å². The van der Waals surface area contributed by atoms with E-state index in [0.29, 0.717) is 13.1 Å². The molecule has 0 saturated carbocycles. The summed E-state index contributed by atoms with van der Waals surface area (Å²) < 4.78 is 27.0. The summed E-state index contributed by atoms with van der Waals surface area (Å²) in [6.07, 6.45) is 0. The minimum absolute atomic E-state index is 0.00150. The third-order valence-corrected chi connectivity index (χ3v) is 5.02. The summed E-state index contributed by atoms with van der Waals surface area (Å²) in [5.41, 5.74) is 0.252. The topological polar surface area (TPSA) is 86.7 Å². The van der Waals surface area contributed by atoms with E-state index in [1.165, 1.54) is 25.1 Å². The van der Waals surface area contributed by atoms with E-state index in [1.54, 1.807) is 0 Å². The molecule has 0 unspecified atom stereocenters. The second-order valence-electron chi connectivity index (χ2n) is 4.66. The number of aromatic carboxylic acids is 1. The second-order valence-corrected chi connectivity index (χ2v) is 6.39. The van der Waals surface area contributed by atoms with E-state index in [1.807, 2.05) is 13.8 Å². The van der Waals surface area contributed by atoms with Crippen LogP contribution in [0.1, 0.15) is 29.8 Å². The lowest BCUT2D eigenvalue weighted by atomic mass is 10.1. The normalized spacial score (nSPS) is 11.8. The molecule has 2 N–H and O–H groups in total. The fourth-order valence-corrected chi connectivity index (χ4v) is 3.38. The lowest BCUT2D eigenvalue weighted by Crippen LogP contribution is -2.35. The Bertz CT molecular complexity index is 595. The summed E-state index contributed by atoms with van der Waals surface area (Å²) in [4.78, 5) is 13.2. The predicted molar refractivity (Wildman–Crippen MR) is 81.1 cm³/mol. The van der Waals surface area contributed by atoms with Crippen LogP contribution in [0.25, 0.3) is 0 Å². The second kappa shape index (κ2) is 7.53. The Hall–Kier alpha value is -1.44. The number of nitrogens with zero attached hydrogens (tertiary/aromatic N) is 1. The van der Waals surface area contributed by atoms with Crippen LogP contribution in [-0.2, 0) is 10.0 Å². The minimum atomic E-state index is -3.70. The van der Waals surface area contributed by atoms with Crippen LogP contribution in [0, 0.1) is 6.92 Å². The molecule has 1 rings (SSSR count). The molecule has 0 aliphatic carbocycles. The van der Waals surface area contributed by atoms with Gasteiger partial charge in [-0.25, -0.2) is 17.9 Å². The molecule has 0 aromatic heterocycles. The lowest BCUT2D eigenvalue weighted by molar-refractivity contribution is 0.0696. The number of benzene rings is 1. The molecular formula is C14H22N2O4S. The Morgan fingerprint density at radius 3 is 2.43 bits per heavy atom. The summed E-state index contributed by atoms with van der Waals surface area (Å²) >= 11 is 0. The zero-order valence-electron chi connectivity index (χ0n) is 12.6. The molecule has 7 heteroatoms. The Labute approximate surface area is 125 Å². The first-order chi connectivity index (χ1) is 9.83. The fraction of sp³-hybridized carbons (Fsp3) is 0.500. The number of rotatable bonds is 8. The molecule has 0 bridgehead atoms. The standard InChI is InChI=1S/C14H22N2O4S/c1-4-16(5-2)10-9-15-21(19,20)13-8-6-7-12(11(13)3)14(17)18/h6-8,15H,4-5,9-10H2,1-3H3,(H,17,18). The van der Waals surface area contributed by atoms with Crippen LogP contribution in [0.15, 0.2) is 23.1 Å². The molecule has 0 fully saturated rings. The average Bonchev–Trinajstić information content (AvgIpc) is 2.43. The Morgan fingerprint density at radius 2 is 1.90 bits per heavy atom. The van der Waals surface area contributed by atoms with Crippen molar-refractivity contribution in [2.45, 2.75) is 25.7 Å². The van der Waals surface area contributed by atoms with Gasteiger partial charge >= 0.3 is 5.97 Å². The number of nitrogens with one attached hydrogen (secondary N) is 1. The maximum absolute atomic E-state index is 12.3. The molecule has 0 aliphatic rings. The Balaban J connectivity index is 2.89. The maximum Gasteiger partial charge on any atom is 0.335 e. The smallest absolute Gasteiger partial charge is 0.335 e. The molecule has 0 aliphatic heterocycles. The number of sulfonamides is 1. The van der Waals surface area contributed by atoms with Crippen LogP contribution in [0.2, 0.25) is 0 Å². The first kappa shape index (κ1) is 17.6. The molecule has 21 heavy (non-hydrogen) atoms. The monoisotopic (exact) mass is 314 g/mol. The molecule has 0 saturated heterocycles. The van der Waals surface area contributed by atoms with Gasteiger partial charge in [-0.05, 0) is 37.7 Å². The number of likely N-dealkylation sites (N-methyl/N-ethyl adjacent to an activating group) is 1. The number of hydrogen-bond acceptors (Lipinski definition) is 4. The van der Waals surface area contributed by atoms with Crippen molar-refractivity contribution in [1.29, 1.82) is 0 Å². The zero-order chi connectivity index (χ0) is 16.0. The van der Waals surface area contributed by atoms with Crippen LogP contribution < -0.4 is 4.72 Å². The van der Waals surface area contributed by atoms with Crippen molar-refractivity contribution in [3.8, 4) is 0 Å². The molecule has 1 aromatic rings. The van der Waals surface area contributed by atoms with Crippen LogP contribution in [0.5, 0.6) is 0 Å². The van der Waals surface area contributed by atoms with Gasteiger partial charge in [0.15, 0.2) is 0 Å². The largest absolute Gasteiger partial charge is 0.478 e. The minimum Gasteiger partial charge on any atom is -0.478 e. The van der Waals surface area contributed by atoms with Gasteiger partial charge in [0.2, 0.25) is 10.0 Å². The third kappa shape index (κ3) is 4.52. The van der Waals surface area contributed by atoms with E-state index in [0.717, 1.165) is 13.1 Å². The molecule has 0 atom stereocenters. The van der Waals surface area contributed by atoms with Crippen LogP contribution in [0.4, 0.5) is 0 Å². The predicted octanol–water partition coefficient (Wildman–Crippen LogP) is 1.31. The molecule has 6 nitrogen and oxygen atoms in total. The van der Waals surface area contributed by atoms with E-state index in [9.17, 15) is 13.2 Å². The van der Waals surface area contributed by atoms with Crippen LogP contribution in [0.3, 0.4) is 0 Å². The number of carbonyl (C=O) groups is 1. The van der Waals surface area contributed by atoms with E-state index < -0.39 is 16.0 Å². The molecular weight excluding hydrogens is 292 g/mol. The number of hydrogen-bond donors (Lipinski definition) is 2. The highest BCUT2D eigenvalue weighted by molar-refractivity contribution is 7.89. The quantitative estimate of drug-likeness (QED) is 0.755. The third-order valence-electron chi connectivity index (χ3n) is 3.42. The summed E-state index contributed by atoms with van der Waals surface area (Å²) in [5.74, 6) is -1.13. The highest BCUT2D eigenvalue weighted by atomic mass is 32.2. The first-order valence-corrected chi connectivity index (χ1v) is 8.36. The lowest BCUT2D eigenvalue weighted by Gasteiger charge is -2.18. The van der Waals surface area contributed by atoms with Gasteiger partial charge in [0.05, 0.1) is 10.5 Å². The van der Waals surface area contributed by atoms with Gasteiger partial charge in [0, 0.05) is 13.1 Å². The van der Waals surface area contributed by atoms with Gasteiger partial charge < -0.3 is 10.0 Å². The molecule has 0 radical (unpaired) electrons. The van der Waals surface area contributed by atoms with E-state index in [2.05, 4.69) is 9.62 Å². The van der Waals surface area contributed by atoms with Crippen molar-refractivity contribution in [3.05, 3.63) is 29.3 Å². The highest BCUT2D eigenvalue weighted by Crippen LogP contribution is 2.18. The molecule has 0 spiro atoms. The molecule has 118 valence electrons. The van der Waals surface area contributed by atoms with Crippen molar-refractivity contribution in [2.75, 3.05) is 26.2 Å². The summed E-state index contributed by atoms with van der Waals surface area (Å²) in [5, 5.41) is 9.05. The Kier molecular flexibility index (Phi) is 6.32. The van der Waals surface area contributed by atoms with E-state index in [-0.39, 0.29) is 16.0 Å². The Morgan fingerprint density at radius 1 is 1.29 bits per heavy atom. The van der Waals surface area contributed by atoms with E-state index in [4.69, 9.17) is 5.11 Å². The molecule has 0 heterocycles. The van der Waals surface area contributed by atoms with Gasteiger partial charge in [0.25, 0.3) is 0 Å². The zero-order valence-corrected chi connectivity index (χ0v) is 13.4. The summed E-state index contributed by atoms with van der Waals surface area (Å²) in [6, 6.07) is 4.25. The van der Waals surface area contributed by atoms with Crippen molar-refractivity contribution in [1.82, 2.24) is 9.62 Å². The average molecular weight is 314 g/mol. The SMILES string of the molecule is CCN(CC)CCNS(=O)(=O)c1cccc(C(=O)O)c1C. The molecule has 1 aromatic carbocycles. The number of carboxylic acids is 1. The van der Waals surface area contributed by atoms with Gasteiger partial charge in [-0.3, -0.25) is 0 Å². The van der Waals surface area contributed by atoms with Gasteiger partial charge in [0.1, 0.15) is 0 Å². The highest BCUT2D eigenvalue weighted by Gasteiger charge is 2.20. The van der Waals surface area contributed by atoms with Crippen molar-refractivity contribution in [2.24, 2.45) is 0 Å². The van der Waals surface area contributed by atoms with Crippen molar-refractivity contribution >= 4 is 16.0 Å². The van der Waals surface area contributed by atoms with Crippen LogP contribution >= 0.6 is 0 Å². The number of carboxylic acid groups (broad SMARTS) is 1. The van der Waals surface area contributed by atoms with Crippen LogP contribution in [-0.4, -0.2) is 50.6 Å².